The maximum Gasteiger partial charge on any atom is 0.237 e. The van der Waals surface area contributed by atoms with Crippen LogP contribution in [0.5, 0.6) is 0 Å². The third-order valence-electron chi connectivity index (χ3n) is 2.14. The second-order valence-electron chi connectivity index (χ2n) is 3.92. The fourth-order valence-corrected chi connectivity index (χ4v) is 1.10. The highest BCUT2D eigenvalue weighted by molar-refractivity contribution is 5.81. The molecule has 0 bridgehead atoms. The molecule has 5 heteroatoms. The van der Waals surface area contributed by atoms with Gasteiger partial charge in [-0.1, -0.05) is 19.0 Å². The molecule has 0 aliphatic heterocycles. The molecule has 5 nitrogen and oxygen atoms in total. The molecule has 0 aliphatic rings. The molecule has 3 N–H and O–H groups in total. The highest BCUT2D eigenvalue weighted by Crippen LogP contribution is 2.02. The average Bonchev–Trinajstić information content (AvgIpc) is 2.59. The van der Waals surface area contributed by atoms with Crippen LogP contribution in [0.4, 0.5) is 0 Å². The lowest BCUT2D eigenvalue weighted by Gasteiger charge is -2.14. The fourth-order valence-electron chi connectivity index (χ4n) is 1.10. The van der Waals surface area contributed by atoms with Crippen molar-refractivity contribution in [1.82, 2.24) is 10.5 Å². The molecular formula is C10H17N3O2. The van der Waals surface area contributed by atoms with Gasteiger partial charge < -0.3 is 15.6 Å². The SMILES string of the molecule is Cc1cc(CNC(=O)[C@@H](N)C(C)C)no1. The molecule has 0 radical (unpaired) electrons. The van der Waals surface area contributed by atoms with Crippen molar-refractivity contribution in [2.24, 2.45) is 11.7 Å². The number of nitrogens with one attached hydrogen (secondary N) is 1. The smallest absolute Gasteiger partial charge is 0.237 e. The predicted molar refractivity (Wildman–Crippen MR) is 55.9 cm³/mol. The van der Waals surface area contributed by atoms with E-state index in [1.165, 1.54) is 0 Å². The summed E-state index contributed by atoms with van der Waals surface area (Å²) in [6, 6.07) is 1.30. The Morgan fingerprint density at radius 2 is 2.33 bits per heavy atom. The van der Waals surface area contributed by atoms with Gasteiger partial charge in [-0.25, -0.2) is 0 Å². The fraction of sp³-hybridized carbons (Fsp3) is 0.600. The summed E-state index contributed by atoms with van der Waals surface area (Å²) in [5.74, 6) is 0.696. The maximum absolute atomic E-state index is 11.5. The minimum absolute atomic E-state index is 0.129. The van der Waals surface area contributed by atoms with E-state index in [0.29, 0.717) is 12.2 Å². The van der Waals surface area contributed by atoms with Gasteiger partial charge >= 0.3 is 0 Å². The lowest BCUT2D eigenvalue weighted by molar-refractivity contribution is -0.123. The number of rotatable bonds is 4. The number of hydrogen-bond donors (Lipinski definition) is 2. The lowest BCUT2D eigenvalue weighted by Crippen LogP contribution is -2.43. The minimum Gasteiger partial charge on any atom is -0.361 e. The van der Waals surface area contributed by atoms with E-state index < -0.39 is 6.04 Å². The molecule has 15 heavy (non-hydrogen) atoms. The van der Waals surface area contributed by atoms with Crippen LogP contribution in [-0.2, 0) is 11.3 Å². The Balaban J connectivity index is 2.40. The van der Waals surface area contributed by atoms with Crippen LogP contribution in [0.25, 0.3) is 0 Å². The van der Waals surface area contributed by atoms with Crippen molar-refractivity contribution in [2.45, 2.75) is 33.4 Å². The van der Waals surface area contributed by atoms with Gasteiger partial charge in [0.05, 0.1) is 12.6 Å². The molecule has 0 aliphatic carbocycles. The van der Waals surface area contributed by atoms with Crippen LogP contribution in [0.1, 0.15) is 25.3 Å². The molecule has 0 spiro atoms. The second kappa shape index (κ2) is 4.93. The van der Waals surface area contributed by atoms with Crippen LogP contribution in [0.2, 0.25) is 0 Å². The van der Waals surface area contributed by atoms with E-state index in [9.17, 15) is 4.79 Å². The maximum atomic E-state index is 11.5. The molecular weight excluding hydrogens is 194 g/mol. The largest absolute Gasteiger partial charge is 0.361 e. The van der Waals surface area contributed by atoms with Crippen molar-refractivity contribution in [3.63, 3.8) is 0 Å². The first-order chi connectivity index (χ1) is 7.00. The van der Waals surface area contributed by atoms with E-state index in [4.69, 9.17) is 10.3 Å². The van der Waals surface area contributed by atoms with Gasteiger partial charge in [-0.05, 0) is 12.8 Å². The van der Waals surface area contributed by atoms with Crippen molar-refractivity contribution in [3.8, 4) is 0 Å². The monoisotopic (exact) mass is 211 g/mol. The predicted octanol–water partition coefficient (Wildman–Crippen LogP) is 0.583. The average molecular weight is 211 g/mol. The van der Waals surface area contributed by atoms with Gasteiger partial charge in [0.2, 0.25) is 5.91 Å². The summed E-state index contributed by atoms with van der Waals surface area (Å²) in [4.78, 5) is 11.5. The summed E-state index contributed by atoms with van der Waals surface area (Å²) >= 11 is 0. The summed E-state index contributed by atoms with van der Waals surface area (Å²) in [5.41, 5.74) is 6.38. The second-order valence-corrected chi connectivity index (χ2v) is 3.92. The van der Waals surface area contributed by atoms with Crippen molar-refractivity contribution in [3.05, 3.63) is 17.5 Å². The Bertz CT molecular complexity index is 333. The number of nitrogens with zero attached hydrogens (tertiary/aromatic N) is 1. The van der Waals surface area contributed by atoms with E-state index in [1.54, 1.807) is 13.0 Å². The highest BCUT2D eigenvalue weighted by Gasteiger charge is 2.16. The standard InChI is InChI=1S/C10H17N3O2/c1-6(2)9(11)10(14)12-5-8-4-7(3)15-13-8/h4,6,9H,5,11H2,1-3H3,(H,12,14)/t9-/m0/s1. The first-order valence-corrected chi connectivity index (χ1v) is 4.96. The molecule has 84 valence electrons. The van der Waals surface area contributed by atoms with Gasteiger partial charge in [0.15, 0.2) is 0 Å². The highest BCUT2D eigenvalue weighted by atomic mass is 16.5. The first kappa shape index (κ1) is 11.7. The van der Waals surface area contributed by atoms with E-state index in [2.05, 4.69) is 10.5 Å². The number of nitrogens with two attached hydrogens (primary N) is 1. The Kier molecular flexibility index (Phi) is 3.85. The van der Waals surface area contributed by atoms with Crippen molar-refractivity contribution in [1.29, 1.82) is 0 Å². The van der Waals surface area contributed by atoms with Gasteiger partial charge in [0.1, 0.15) is 11.5 Å². The summed E-state index contributed by atoms with van der Waals surface area (Å²) in [6.45, 7) is 5.98. The molecule has 1 amide bonds. The lowest BCUT2D eigenvalue weighted by atomic mass is 10.1. The van der Waals surface area contributed by atoms with Crippen molar-refractivity contribution < 1.29 is 9.32 Å². The van der Waals surface area contributed by atoms with Gasteiger partial charge in [-0.15, -0.1) is 0 Å². The molecule has 1 heterocycles. The van der Waals surface area contributed by atoms with E-state index >= 15 is 0 Å². The zero-order valence-corrected chi connectivity index (χ0v) is 9.28. The van der Waals surface area contributed by atoms with Crippen LogP contribution >= 0.6 is 0 Å². The quantitative estimate of drug-likeness (QED) is 0.763. The van der Waals surface area contributed by atoms with Crippen LogP contribution in [0.3, 0.4) is 0 Å². The Morgan fingerprint density at radius 3 is 2.80 bits per heavy atom. The molecule has 0 aromatic carbocycles. The molecule has 0 saturated heterocycles. The van der Waals surface area contributed by atoms with Crippen LogP contribution in [0, 0.1) is 12.8 Å². The minimum atomic E-state index is -0.474. The number of amides is 1. The zero-order valence-electron chi connectivity index (χ0n) is 9.28. The number of carbonyl (C=O) groups is 1. The van der Waals surface area contributed by atoms with Crippen molar-refractivity contribution in [2.75, 3.05) is 0 Å². The van der Waals surface area contributed by atoms with Gasteiger partial charge in [-0.2, -0.15) is 0 Å². The van der Waals surface area contributed by atoms with Crippen LogP contribution in [0.15, 0.2) is 10.6 Å². The third-order valence-corrected chi connectivity index (χ3v) is 2.14. The summed E-state index contributed by atoms with van der Waals surface area (Å²) in [6.07, 6.45) is 0. The topological polar surface area (TPSA) is 81.2 Å². The number of carbonyl (C=O) groups excluding carboxylic acids is 1. The number of hydrogen-bond acceptors (Lipinski definition) is 4. The summed E-state index contributed by atoms with van der Waals surface area (Å²) < 4.78 is 4.87. The first-order valence-electron chi connectivity index (χ1n) is 4.96. The number of aryl methyl sites for hydroxylation is 1. The molecule has 1 aromatic rings. The van der Waals surface area contributed by atoms with E-state index in [0.717, 1.165) is 5.76 Å². The third kappa shape index (κ3) is 3.36. The van der Waals surface area contributed by atoms with Gasteiger partial charge in [0.25, 0.3) is 0 Å². The summed E-state index contributed by atoms with van der Waals surface area (Å²) in [7, 11) is 0. The molecule has 0 unspecified atom stereocenters. The van der Waals surface area contributed by atoms with Crippen LogP contribution < -0.4 is 11.1 Å². The molecule has 0 fully saturated rings. The van der Waals surface area contributed by atoms with Crippen molar-refractivity contribution >= 4 is 5.91 Å². The molecule has 0 saturated carbocycles. The Labute approximate surface area is 89.0 Å². The van der Waals surface area contributed by atoms with Gasteiger partial charge in [-0.3, -0.25) is 4.79 Å². The number of aromatic nitrogens is 1. The normalized spacial score (nSPS) is 12.9. The van der Waals surface area contributed by atoms with Gasteiger partial charge in [0, 0.05) is 6.07 Å². The van der Waals surface area contributed by atoms with Crippen LogP contribution in [-0.4, -0.2) is 17.1 Å². The zero-order chi connectivity index (χ0) is 11.4. The molecule has 1 rings (SSSR count). The molecule has 1 atom stereocenters. The molecule has 1 aromatic heterocycles. The van der Waals surface area contributed by atoms with E-state index in [-0.39, 0.29) is 11.8 Å². The summed E-state index contributed by atoms with van der Waals surface area (Å²) in [5, 5.41) is 6.47. The Hall–Kier alpha value is -1.36. The van der Waals surface area contributed by atoms with E-state index in [1.807, 2.05) is 13.8 Å². The Morgan fingerprint density at radius 1 is 1.67 bits per heavy atom.